The van der Waals surface area contributed by atoms with Crippen LogP contribution < -0.4 is 11.1 Å². The Morgan fingerprint density at radius 1 is 1.67 bits per heavy atom. The first-order valence-electron chi connectivity index (χ1n) is 4.20. The molecule has 1 unspecified atom stereocenters. The normalized spacial score (nSPS) is 13.2. The summed E-state index contributed by atoms with van der Waals surface area (Å²) in [4.78, 5) is 1.32. The molecule has 0 fully saturated rings. The van der Waals surface area contributed by atoms with E-state index in [-0.39, 0.29) is 6.04 Å². The molecule has 1 atom stereocenters. The van der Waals surface area contributed by atoms with E-state index in [1.54, 1.807) is 11.3 Å². The summed E-state index contributed by atoms with van der Waals surface area (Å²) in [5, 5.41) is 5.21. The summed E-state index contributed by atoms with van der Waals surface area (Å²) in [6.07, 6.45) is 1.01. The highest BCUT2D eigenvalue weighted by atomic mass is 32.1. The van der Waals surface area contributed by atoms with Gasteiger partial charge in [0.2, 0.25) is 0 Å². The molecule has 0 spiro atoms. The van der Waals surface area contributed by atoms with Crippen LogP contribution in [0.3, 0.4) is 0 Å². The van der Waals surface area contributed by atoms with Gasteiger partial charge < -0.3 is 11.1 Å². The van der Waals surface area contributed by atoms with Gasteiger partial charge in [-0.2, -0.15) is 0 Å². The Balaban J connectivity index is 2.52. The smallest absolute Gasteiger partial charge is 0.0404 e. The highest BCUT2D eigenvalue weighted by molar-refractivity contribution is 7.10. The fourth-order valence-electron chi connectivity index (χ4n) is 1.20. The molecular weight excluding hydrogens is 168 g/mol. The minimum absolute atomic E-state index is 0.206. The lowest BCUT2D eigenvalue weighted by atomic mass is 10.1. The number of aryl methyl sites for hydroxylation is 1. The number of nitrogens with two attached hydrogens (primary N) is 1. The lowest BCUT2D eigenvalue weighted by Gasteiger charge is -2.09. The van der Waals surface area contributed by atoms with Gasteiger partial charge in [-0.1, -0.05) is 0 Å². The number of nitrogens with one attached hydrogen (secondary N) is 1. The summed E-state index contributed by atoms with van der Waals surface area (Å²) >= 11 is 1.76. The maximum absolute atomic E-state index is 6.00. The van der Waals surface area contributed by atoms with E-state index < -0.39 is 0 Å². The summed E-state index contributed by atoms with van der Waals surface area (Å²) in [5.74, 6) is 0. The lowest BCUT2D eigenvalue weighted by molar-refractivity contribution is 0.621. The maximum atomic E-state index is 6.00. The molecular formula is C9H16N2S. The van der Waals surface area contributed by atoms with Crippen molar-refractivity contribution in [3.8, 4) is 0 Å². The molecule has 12 heavy (non-hydrogen) atoms. The fourth-order valence-corrected chi connectivity index (χ4v) is 2.16. The predicted molar refractivity (Wildman–Crippen MR) is 54.5 cm³/mol. The van der Waals surface area contributed by atoms with Crippen molar-refractivity contribution in [3.05, 3.63) is 21.9 Å². The molecule has 1 aromatic rings. The third-order valence-corrected chi connectivity index (χ3v) is 3.09. The Kier molecular flexibility index (Phi) is 3.72. The Hall–Kier alpha value is -0.380. The van der Waals surface area contributed by atoms with E-state index in [0.29, 0.717) is 0 Å². The van der Waals surface area contributed by atoms with Crippen molar-refractivity contribution in [2.75, 3.05) is 13.6 Å². The van der Waals surface area contributed by atoms with Crippen LogP contribution >= 0.6 is 11.3 Å². The number of hydrogen-bond donors (Lipinski definition) is 2. The van der Waals surface area contributed by atoms with Gasteiger partial charge in [-0.3, -0.25) is 0 Å². The maximum Gasteiger partial charge on any atom is 0.0404 e. The zero-order chi connectivity index (χ0) is 8.97. The minimum atomic E-state index is 0.206. The van der Waals surface area contributed by atoms with Gasteiger partial charge in [0.15, 0.2) is 0 Å². The van der Waals surface area contributed by atoms with Crippen molar-refractivity contribution in [1.29, 1.82) is 0 Å². The van der Waals surface area contributed by atoms with Gasteiger partial charge in [0.05, 0.1) is 0 Å². The van der Waals surface area contributed by atoms with E-state index in [1.165, 1.54) is 10.4 Å². The van der Waals surface area contributed by atoms with Gasteiger partial charge >= 0.3 is 0 Å². The van der Waals surface area contributed by atoms with Crippen LogP contribution in [0.2, 0.25) is 0 Å². The fraction of sp³-hybridized carbons (Fsp3) is 0.556. The highest BCUT2D eigenvalue weighted by Gasteiger charge is 2.08. The predicted octanol–water partition coefficient (Wildman–Crippen LogP) is 1.67. The molecule has 0 aromatic carbocycles. The number of hydrogen-bond acceptors (Lipinski definition) is 3. The van der Waals surface area contributed by atoms with E-state index in [2.05, 4.69) is 23.7 Å². The molecule has 0 saturated heterocycles. The van der Waals surface area contributed by atoms with Crippen molar-refractivity contribution in [3.63, 3.8) is 0 Å². The summed E-state index contributed by atoms with van der Waals surface area (Å²) in [6, 6.07) is 2.33. The van der Waals surface area contributed by atoms with Crippen LogP contribution in [-0.4, -0.2) is 13.6 Å². The Labute approximate surface area is 77.8 Å². The first-order valence-corrected chi connectivity index (χ1v) is 5.08. The van der Waals surface area contributed by atoms with Crippen LogP contribution in [0.5, 0.6) is 0 Å². The minimum Gasteiger partial charge on any atom is -0.323 e. The van der Waals surface area contributed by atoms with Crippen molar-refractivity contribution >= 4 is 11.3 Å². The first kappa shape index (κ1) is 9.71. The molecule has 68 valence electrons. The molecule has 2 nitrogen and oxygen atoms in total. The molecule has 0 aliphatic heterocycles. The average molecular weight is 184 g/mol. The molecule has 0 radical (unpaired) electrons. The molecule has 0 amide bonds. The van der Waals surface area contributed by atoms with Crippen molar-refractivity contribution in [2.24, 2.45) is 5.73 Å². The quantitative estimate of drug-likeness (QED) is 0.747. The topological polar surface area (TPSA) is 38.0 Å². The third kappa shape index (κ3) is 2.30. The summed E-state index contributed by atoms with van der Waals surface area (Å²) < 4.78 is 0. The molecule has 3 N–H and O–H groups in total. The summed E-state index contributed by atoms with van der Waals surface area (Å²) in [5.41, 5.74) is 7.32. The third-order valence-electron chi connectivity index (χ3n) is 1.94. The van der Waals surface area contributed by atoms with Crippen molar-refractivity contribution < 1.29 is 0 Å². The van der Waals surface area contributed by atoms with Gasteiger partial charge in [-0.25, -0.2) is 0 Å². The number of rotatable bonds is 4. The van der Waals surface area contributed by atoms with Crippen LogP contribution in [-0.2, 0) is 0 Å². The standard InChI is InChI=1S/C9H16N2S/c1-7-4-6-12-9(7)8(10)3-5-11-2/h4,6,8,11H,3,5,10H2,1-2H3. The molecule has 0 bridgehead atoms. The van der Waals surface area contributed by atoms with E-state index in [1.807, 2.05) is 7.05 Å². The average Bonchev–Trinajstić information content (AvgIpc) is 2.47. The van der Waals surface area contributed by atoms with Crippen LogP contribution in [0.25, 0.3) is 0 Å². The molecule has 0 aliphatic rings. The monoisotopic (exact) mass is 184 g/mol. The Morgan fingerprint density at radius 2 is 2.42 bits per heavy atom. The second-order valence-electron chi connectivity index (χ2n) is 2.97. The second kappa shape index (κ2) is 4.60. The van der Waals surface area contributed by atoms with E-state index >= 15 is 0 Å². The van der Waals surface area contributed by atoms with Gasteiger partial charge in [-0.05, 0) is 43.9 Å². The van der Waals surface area contributed by atoms with Gasteiger partial charge in [0.1, 0.15) is 0 Å². The van der Waals surface area contributed by atoms with E-state index in [9.17, 15) is 0 Å². The largest absolute Gasteiger partial charge is 0.323 e. The molecule has 1 aromatic heterocycles. The molecule has 1 heterocycles. The summed E-state index contributed by atoms with van der Waals surface area (Å²) in [7, 11) is 1.95. The van der Waals surface area contributed by atoms with Crippen LogP contribution in [0.1, 0.15) is 22.9 Å². The first-order chi connectivity index (χ1) is 5.75. The van der Waals surface area contributed by atoms with E-state index in [4.69, 9.17) is 5.73 Å². The van der Waals surface area contributed by atoms with Crippen LogP contribution in [0, 0.1) is 6.92 Å². The zero-order valence-corrected chi connectivity index (χ0v) is 8.45. The molecule has 0 saturated carbocycles. The van der Waals surface area contributed by atoms with E-state index in [0.717, 1.165) is 13.0 Å². The Morgan fingerprint density at radius 3 is 2.92 bits per heavy atom. The van der Waals surface area contributed by atoms with Crippen LogP contribution in [0.15, 0.2) is 11.4 Å². The second-order valence-corrected chi connectivity index (χ2v) is 3.91. The van der Waals surface area contributed by atoms with Gasteiger partial charge in [-0.15, -0.1) is 11.3 Å². The highest BCUT2D eigenvalue weighted by Crippen LogP contribution is 2.23. The molecule has 3 heteroatoms. The molecule has 0 aliphatic carbocycles. The lowest BCUT2D eigenvalue weighted by Crippen LogP contribution is -2.17. The van der Waals surface area contributed by atoms with Crippen LogP contribution in [0.4, 0.5) is 0 Å². The molecule has 1 rings (SSSR count). The van der Waals surface area contributed by atoms with Crippen molar-refractivity contribution in [1.82, 2.24) is 5.32 Å². The SMILES string of the molecule is CNCCC(N)c1sccc1C. The van der Waals surface area contributed by atoms with Gasteiger partial charge in [0, 0.05) is 10.9 Å². The summed E-state index contributed by atoms with van der Waals surface area (Å²) in [6.45, 7) is 3.10. The Bertz CT molecular complexity index is 232. The zero-order valence-electron chi connectivity index (χ0n) is 7.63. The van der Waals surface area contributed by atoms with Crippen molar-refractivity contribution in [2.45, 2.75) is 19.4 Å². The van der Waals surface area contributed by atoms with Gasteiger partial charge in [0.25, 0.3) is 0 Å². The number of thiophene rings is 1.